The van der Waals surface area contributed by atoms with Crippen molar-refractivity contribution in [1.82, 2.24) is 4.90 Å². The smallest absolute Gasteiger partial charge is 0.321 e. The summed E-state index contributed by atoms with van der Waals surface area (Å²) in [4.78, 5) is 12.7. The quantitative estimate of drug-likeness (QED) is 0.574. The maximum Gasteiger partial charge on any atom is 0.321 e. The van der Waals surface area contributed by atoms with Gasteiger partial charge in [0.15, 0.2) is 0 Å². The van der Waals surface area contributed by atoms with E-state index in [1.807, 2.05) is 0 Å². The van der Waals surface area contributed by atoms with Crippen molar-refractivity contribution in [2.75, 3.05) is 6.54 Å². The lowest BCUT2D eigenvalue weighted by atomic mass is 10.1. The molecule has 0 spiro atoms. The lowest BCUT2D eigenvalue weighted by molar-refractivity contribution is -0.143. The second-order valence-corrected chi connectivity index (χ2v) is 4.51. The predicted octanol–water partition coefficient (Wildman–Crippen LogP) is -0.580. The van der Waals surface area contributed by atoms with Crippen molar-refractivity contribution >= 4 is 5.97 Å². The van der Waals surface area contributed by atoms with Gasteiger partial charge in [-0.05, 0) is 19.3 Å². The number of aliphatic hydroxyl groups is 2. The van der Waals surface area contributed by atoms with Gasteiger partial charge in [-0.25, -0.2) is 0 Å². The molecule has 0 aromatic heterocycles. The average Bonchev–Trinajstić information content (AvgIpc) is 2.71. The van der Waals surface area contributed by atoms with Gasteiger partial charge in [0, 0.05) is 19.0 Å². The molecule has 2 aliphatic rings. The summed E-state index contributed by atoms with van der Waals surface area (Å²) in [6, 6.07) is -0.707. The minimum atomic E-state index is -0.898. The molecule has 1 heterocycles. The summed E-state index contributed by atoms with van der Waals surface area (Å²) in [5, 5.41) is 28.2. The molecule has 0 amide bonds. The molecule has 0 bridgehead atoms. The Balaban J connectivity index is 2.09. The average molecular weight is 215 g/mol. The van der Waals surface area contributed by atoms with Crippen LogP contribution in [0.5, 0.6) is 0 Å². The number of aliphatic carboxylic acids is 1. The second kappa shape index (κ2) is 4.08. The molecule has 2 fully saturated rings. The highest BCUT2D eigenvalue weighted by Crippen LogP contribution is 2.30. The minimum absolute atomic E-state index is 0.0803. The largest absolute Gasteiger partial charge is 0.480 e. The van der Waals surface area contributed by atoms with Gasteiger partial charge in [-0.2, -0.15) is 0 Å². The van der Waals surface area contributed by atoms with Gasteiger partial charge in [0.05, 0.1) is 12.2 Å². The van der Waals surface area contributed by atoms with E-state index in [9.17, 15) is 15.0 Å². The van der Waals surface area contributed by atoms with Gasteiger partial charge in [-0.3, -0.25) is 9.69 Å². The van der Waals surface area contributed by atoms with Crippen molar-refractivity contribution in [3.63, 3.8) is 0 Å². The van der Waals surface area contributed by atoms with Crippen LogP contribution in [-0.4, -0.2) is 57.0 Å². The van der Waals surface area contributed by atoms with Crippen LogP contribution >= 0.6 is 0 Å². The number of carboxylic acid groups (broad SMARTS) is 1. The molecular weight excluding hydrogens is 198 g/mol. The fraction of sp³-hybridized carbons (Fsp3) is 0.900. The zero-order valence-electron chi connectivity index (χ0n) is 8.54. The maximum atomic E-state index is 11.0. The summed E-state index contributed by atoms with van der Waals surface area (Å²) >= 11 is 0. The molecule has 3 N–H and O–H groups in total. The zero-order chi connectivity index (χ0) is 11.0. The molecule has 5 heteroatoms. The first-order chi connectivity index (χ1) is 7.09. The van der Waals surface area contributed by atoms with Crippen LogP contribution in [0.25, 0.3) is 0 Å². The number of nitrogens with zero attached hydrogens (tertiary/aromatic N) is 1. The number of carboxylic acids is 1. The van der Waals surface area contributed by atoms with E-state index >= 15 is 0 Å². The molecule has 5 nitrogen and oxygen atoms in total. The minimum Gasteiger partial charge on any atom is -0.480 e. The highest BCUT2D eigenvalue weighted by molar-refractivity contribution is 5.74. The van der Waals surface area contributed by atoms with Crippen molar-refractivity contribution in [1.29, 1.82) is 0 Å². The molecule has 0 aromatic rings. The third-order valence-electron chi connectivity index (χ3n) is 3.47. The Morgan fingerprint density at radius 3 is 2.53 bits per heavy atom. The molecule has 15 heavy (non-hydrogen) atoms. The van der Waals surface area contributed by atoms with Crippen LogP contribution in [-0.2, 0) is 4.79 Å². The first-order valence-electron chi connectivity index (χ1n) is 5.44. The maximum absolute atomic E-state index is 11.0. The van der Waals surface area contributed by atoms with E-state index in [2.05, 4.69) is 0 Å². The monoisotopic (exact) mass is 215 g/mol. The van der Waals surface area contributed by atoms with Crippen LogP contribution in [0.4, 0.5) is 0 Å². The standard InChI is InChI=1S/C10H17NO4/c12-6-4-8(10(14)15)11(5-6)7-2-1-3-9(7)13/h6-9,12-13H,1-5H2,(H,14,15). The Labute approximate surface area is 88.3 Å². The van der Waals surface area contributed by atoms with E-state index in [1.165, 1.54) is 0 Å². The third-order valence-corrected chi connectivity index (χ3v) is 3.47. The molecule has 1 saturated carbocycles. The summed E-state index contributed by atoms with van der Waals surface area (Å²) in [5.74, 6) is -0.898. The predicted molar refractivity (Wildman–Crippen MR) is 52.4 cm³/mol. The second-order valence-electron chi connectivity index (χ2n) is 4.51. The van der Waals surface area contributed by atoms with Crippen LogP contribution in [0.2, 0.25) is 0 Å². The van der Waals surface area contributed by atoms with Crippen molar-refractivity contribution in [2.24, 2.45) is 0 Å². The van der Waals surface area contributed by atoms with Crippen molar-refractivity contribution in [3.05, 3.63) is 0 Å². The molecular formula is C10H17NO4. The van der Waals surface area contributed by atoms with Crippen LogP contribution in [0.15, 0.2) is 0 Å². The first kappa shape index (κ1) is 10.9. The number of likely N-dealkylation sites (tertiary alicyclic amines) is 1. The molecule has 0 radical (unpaired) electrons. The summed E-state index contributed by atoms with van der Waals surface area (Å²) in [6.45, 7) is 0.374. The lowest BCUT2D eigenvalue weighted by Gasteiger charge is -2.29. The topological polar surface area (TPSA) is 81.0 Å². The number of aliphatic hydroxyl groups excluding tert-OH is 2. The summed E-state index contributed by atoms with van der Waals surface area (Å²) in [5.41, 5.74) is 0. The van der Waals surface area contributed by atoms with Crippen LogP contribution in [0.1, 0.15) is 25.7 Å². The van der Waals surface area contributed by atoms with Gasteiger partial charge >= 0.3 is 5.97 Å². The Hall–Kier alpha value is -0.650. The fourth-order valence-electron chi connectivity index (χ4n) is 2.76. The van der Waals surface area contributed by atoms with Gasteiger partial charge in [0.1, 0.15) is 6.04 Å². The van der Waals surface area contributed by atoms with Crippen molar-refractivity contribution in [2.45, 2.75) is 50.0 Å². The third kappa shape index (κ3) is 2.00. The van der Waals surface area contributed by atoms with Crippen LogP contribution in [0.3, 0.4) is 0 Å². The normalized spacial score (nSPS) is 42.3. The molecule has 86 valence electrons. The lowest BCUT2D eigenvalue weighted by Crippen LogP contribution is -2.46. The SMILES string of the molecule is O=C(O)C1CC(O)CN1C1CCCC1O. The molecule has 2 rings (SSSR count). The Bertz CT molecular complexity index is 258. The van der Waals surface area contributed by atoms with Gasteiger partial charge < -0.3 is 15.3 Å². The van der Waals surface area contributed by atoms with Gasteiger partial charge in [0.25, 0.3) is 0 Å². The summed E-state index contributed by atoms with van der Waals surface area (Å²) in [6.07, 6.45) is 1.78. The van der Waals surface area contributed by atoms with Gasteiger partial charge in [-0.15, -0.1) is 0 Å². The Morgan fingerprint density at radius 1 is 1.27 bits per heavy atom. The highest BCUT2D eigenvalue weighted by Gasteiger charge is 2.43. The van der Waals surface area contributed by atoms with E-state index in [-0.39, 0.29) is 12.5 Å². The molecule has 1 aliphatic heterocycles. The highest BCUT2D eigenvalue weighted by atomic mass is 16.4. The first-order valence-corrected chi connectivity index (χ1v) is 5.44. The molecule has 1 saturated heterocycles. The van der Waals surface area contributed by atoms with Crippen LogP contribution < -0.4 is 0 Å². The van der Waals surface area contributed by atoms with E-state index in [0.29, 0.717) is 6.54 Å². The summed E-state index contributed by atoms with van der Waals surface area (Å²) in [7, 11) is 0. The zero-order valence-corrected chi connectivity index (χ0v) is 8.54. The van der Waals surface area contributed by atoms with E-state index < -0.39 is 24.2 Å². The van der Waals surface area contributed by atoms with E-state index in [0.717, 1.165) is 19.3 Å². The number of rotatable bonds is 2. The Kier molecular flexibility index (Phi) is 2.95. The Morgan fingerprint density at radius 2 is 2.00 bits per heavy atom. The van der Waals surface area contributed by atoms with Gasteiger partial charge in [-0.1, -0.05) is 0 Å². The number of β-amino-alcohol motifs (C(OH)–C–C–N with tert-alkyl or cyclic N) is 1. The van der Waals surface area contributed by atoms with E-state index in [4.69, 9.17) is 5.11 Å². The van der Waals surface area contributed by atoms with Crippen LogP contribution in [0, 0.1) is 0 Å². The fourth-order valence-corrected chi connectivity index (χ4v) is 2.76. The number of carbonyl (C=O) groups is 1. The molecule has 1 aliphatic carbocycles. The molecule has 0 aromatic carbocycles. The van der Waals surface area contributed by atoms with Gasteiger partial charge in [0.2, 0.25) is 0 Å². The van der Waals surface area contributed by atoms with Crippen molar-refractivity contribution in [3.8, 4) is 0 Å². The van der Waals surface area contributed by atoms with E-state index in [1.54, 1.807) is 4.90 Å². The molecule has 4 unspecified atom stereocenters. The number of hydrogen-bond donors (Lipinski definition) is 3. The number of hydrogen-bond acceptors (Lipinski definition) is 4. The summed E-state index contributed by atoms with van der Waals surface area (Å²) < 4.78 is 0. The molecule has 4 atom stereocenters. The van der Waals surface area contributed by atoms with Crippen molar-refractivity contribution < 1.29 is 20.1 Å².